The van der Waals surface area contributed by atoms with Gasteiger partial charge in [-0.05, 0) is 0 Å². The summed E-state index contributed by atoms with van der Waals surface area (Å²) < 4.78 is 8.74. The molecule has 8 heavy (non-hydrogen) atoms. The third kappa shape index (κ3) is 63.9. The zero-order chi connectivity index (χ0) is 3.58. The van der Waals surface area contributed by atoms with Crippen molar-refractivity contribution < 1.29 is 36.4 Å². The first kappa shape index (κ1) is 30.5. The van der Waals surface area contributed by atoms with Crippen molar-refractivity contribution in [2.75, 3.05) is 0 Å². The van der Waals surface area contributed by atoms with E-state index in [2.05, 4.69) is 0 Å². The zero-order valence-electron chi connectivity index (χ0n) is 2.25. The van der Waals surface area contributed by atoms with Crippen LogP contribution in [0.3, 0.4) is 0 Å². The number of rotatable bonds is 0. The van der Waals surface area contributed by atoms with E-state index in [0.29, 0.717) is 0 Å². The minimum Gasteiger partial charge on any atom is 0 e. The standard InChI is InChI=1S/Al.Ga.H2O3Si.Sr.Ta.8H/c;;1-4(2)3;;;;;;;;;;/h;;1-2H;;;;;;;;;;. The van der Waals surface area contributed by atoms with Crippen LogP contribution in [0.1, 0.15) is 0 Å². The van der Waals surface area contributed by atoms with Crippen LogP contribution < -0.4 is 0 Å². The normalized spacial score (nSPS) is 3.00. The van der Waals surface area contributed by atoms with Crippen LogP contribution in [0, 0.1) is 0 Å². The van der Waals surface area contributed by atoms with Crippen LogP contribution in [0.15, 0.2) is 0 Å². The van der Waals surface area contributed by atoms with Gasteiger partial charge in [-0.1, -0.05) is 0 Å². The van der Waals surface area contributed by atoms with Gasteiger partial charge < -0.3 is 9.59 Å². The average Bonchev–Trinajstić information content (AvgIpc) is 0.811. The van der Waals surface area contributed by atoms with E-state index in [1.54, 1.807) is 0 Å². The fourth-order valence-corrected chi connectivity index (χ4v) is 0. The average molecular weight is 451 g/mol. The fraction of sp³-hybridized carbons (Fsp3) is 0. The molecule has 0 saturated heterocycles. The molecule has 0 fully saturated rings. The Labute approximate surface area is 125 Å². The van der Waals surface area contributed by atoms with Crippen LogP contribution >= 0.6 is 0 Å². The Morgan fingerprint density at radius 2 is 1.25 bits per heavy atom. The quantitative estimate of drug-likeness (QED) is 0.363. The zero-order valence-corrected chi connectivity index (χ0v) is 6.46. The molecule has 0 bridgehead atoms. The summed E-state index contributed by atoms with van der Waals surface area (Å²) in [7, 11) is -3.13. The molecule has 0 rings (SSSR count). The molecule has 45 valence electrons. The Morgan fingerprint density at radius 1 is 1.25 bits per heavy atom. The van der Waals surface area contributed by atoms with Crippen LogP contribution in [-0.4, -0.2) is 101 Å². The van der Waals surface area contributed by atoms with E-state index in [1.807, 2.05) is 0 Å². The van der Waals surface area contributed by atoms with Gasteiger partial charge in [-0.3, -0.25) is 4.46 Å². The van der Waals surface area contributed by atoms with Crippen LogP contribution in [0.5, 0.6) is 0 Å². The molecule has 0 aliphatic rings. The van der Waals surface area contributed by atoms with Gasteiger partial charge in [0.25, 0.3) is 0 Å². The van der Waals surface area contributed by atoms with Crippen LogP contribution in [-0.2, 0) is 26.8 Å². The molecule has 1 radical (unpaired) electrons. The monoisotopic (exact) mass is 451 g/mol. The van der Waals surface area contributed by atoms with Crippen molar-refractivity contribution in [2.45, 2.75) is 0 Å². The molecule has 0 saturated carbocycles. The Kier molecular flexibility index (Phi) is 85.9. The topological polar surface area (TPSA) is 57.5 Å². The van der Waals surface area contributed by atoms with Crippen molar-refractivity contribution in [2.24, 2.45) is 0 Å². The van der Waals surface area contributed by atoms with Crippen LogP contribution in [0.4, 0.5) is 0 Å². The maximum atomic E-state index is 8.74. The summed E-state index contributed by atoms with van der Waals surface area (Å²) in [4.78, 5) is 14.3. The largest absolute Gasteiger partial charge is 0 e. The molecular weight excluding hydrogens is 441 g/mol. The van der Waals surface area contributed by atoms with Gasteiger partial charge in [0.05, 0.1) is 0 Å². The fourth-order valence-electron chi connectivity index (χ4n) is 0. The predicted molar refractivity (Wildman–Crippen MR) is 39.3 cm³/mol. The van der Waals surface area contributed by atoms with E-state index in [4.69, 9.17) is 14.1 Å². The van der Waals surface area contributed by atoms with Crippen molar-refractivity contribution in [3.05, 3.63) is 0 Å². The van der Waals surface area contributed by atoms with Crippen LogP contribution in [0.25, 0.3) is 0 Å². The summed E-state index contributed by atoms with van der Waals surface area (Å²) in [6.07, 6.45) is 0. The van der Waals surface area contributed by atoms with E-state index < -0.39 is 9.17 Å². The maximum absolute atomic E-state index is 8.74. The minimum absolute atomic E-state index is 0. The Morgan fingerprint density at radius 3 is 1.25 bits per heavy atom. The molecule has 0 aromatic rings. The predicted octanol–water partition coefficient (Wildman–Crippen LogP) is -4.90. The van der Waals surface area contributed by atoms with Crippen molar-refractivity contribution >= 4 is 91.8 Å². The molecule has 0 amide bonds. The third-order valence-corrected chi connectivity index (χ3v) is 0. The summed E-state index contributed by atoms with van der Waals surface area (Å²) in [6, 6.07) is 0. The SMILES string of the molecule is O=[Si](O)O.[AlH3].[GaH3].[SrH2].[Ta]. The summed E-state index contributed by atoms with van der Waals surface area (Å²) in [5, 5.41) is 0. The summed E-state index contributed by atoms with van der Waals surface area (Å²) >= 11 is 0. The Hall–Kier alpha value is 3.01. The van der Waals surface area contributed by atoms with E-state index >= 15 is 0 Å². The van der Waals surface area contributed by atoms with Gasteiger partial charge >= 0.3 is 74.4 Å². The molecule has 0 aliphatic carbocycles. The Bertz CT molecular complexity index is 42.3. The molecule has 0 heterocycles. The second-order valence-electron chi connectivity index (χ2n) is 0.283. The van der Waals surface area contributed by atoms with Gasteiger partial charge in [0.2, 0.25) is 0 Å². The molecular formula is H10AlGaO3SiSrTa. The van der Waals surface area contributed by atoms with Crippen molar-refractivity contribution in [1.82, 2.24) is 0 Å². The molecule has 0 spiro atoms. The minimum atomic E-state index is -3.13. The van der Waals surface area contributed by atoms with Gasteiger partial charge in [0.15, 0.2) is 17.4 Å². The van der Waals surface area contributed by atoms with E-state index in [0.717, 1.165) is 0 Å². The molecule has 0 unspecified atom stereocenters. The first-order valence-electron chi connectivity index (χ1n) is 0.651. The van der Waals surface area contributed by atoms with E-state index in [9.17, 15) is 0 Å². The Balaban J connectivity index is -0.00000000750. The van der Waals surface area contributed by atoms with Gasteiger partial charge in [-0.25, -0.2) is 0 Å². The molecule has 0 aromatic carbocycles. The number of hydrogen-bond acceptors (Lipinski definition) is 1. The first-order valence-corrected chi connectivity index (χ1v) is 1.95. The van der Waals surface area contributed by atoms with E-state index in [1.165, 1.54) is 0 Å². The van der Waals surface area contributed by atoms with Gasteiger partial charge in [-0.15, -0.1) is 0 Å². The summed E-state index contributed by atoms with van der Waals surface area (Å²) in [6.45, 7) is 0. The summed E-state index contributed by atoms with van der Waals surface area (Å²) in [5.74, 6) is 0. The van der Waals surface area contributed by atoms with Crippen molar-refractivity contribution in [3.63, 3.8) is 0 Å². The molecule has 0 atom stereocenters. The second kappa shape index (κ2) is 22.5. The van der Waals surface area contributed by atoms with Gasteiger partial charge in [0, 0.05) is 22.4 Å². The molecule has 2 N–H and O–H groups in total. The maximum Gasteiger partial charge on any atom is 0 e. The van der Waals surface area contributed by atoms with Crippen LogP contribution in [0.2, 0.25) is 0 Å². The van der Waals surface area contributed by atoms with Crippen molar-refractivity contribution in [3.8, 4) is 0 Å². The van der Waals surface area contributed by atoms with Gasteiger partial charge in [-0.2, -0.15) is 0 Å². The number of hydrogen-bond donors (Lipinski definition) is 2. The summed E-state index contributed by atoms with van der Waals surface area (Å²) in [5.41, 5.74) is 0. The molecule has 8 heteroatoms. The van der Waals surface area contributed by atoms with Gasteiger partial charge in [0.1, 0.15) is 0 Å². The van der Waals surface area contributed by atoms with Crippen molar-refractivity contribution in [1.29, 1.82) is 0 Å². The smallest absolute Gasteiger partial charge is 0 e. The molecule has 0 aliphatic heterocycles. The molecule has 0 aromatic heterocycles. The first-order chi connectivity index (χ1) is 1.73. The molecule has 3 nitrogen and oxygen atoms in total. The third-order valence-electron chi connectivity index (χ3n) is 0. The second-order valence-corrected chi connectivity index (χ2v) is 0.848. The van der Waals surface area contributed by atoms with E-state index in [-0.39, 0.29) is 105 Å².